The fourth-order valence-electron chi connectivity index (χ4n) is 4.58. The summed E-state index contributed by atoms with van der Waals surface area (Å²) in [7, 11) is 4.75. The van der Waals surface area contributed by atoms with Gasteiger partial charge in [-0.15, -0.1) is 0 Å². The Labute approximate surface area is 168 Å². The third-order valence-electron chi connectivity index (χ3n) is 5.84. The van der Waals surface area contributed by atoms with Gasteiger partial charge in [-0.2, -0.15) is 0 Å². The van der Waals surface area contributed by atoms with Gasteiger partial charge in [-0.25, -0.2) is 4.79 Å². The number of hydrogen-bond donors (Lipinski definition) is 1. The van der Waals surface area contributed by atoms with Gasteiger partial charge in [-0.05, 0) is 35.7 Å². The van der Waals surface area contributed by atoms with Crippen LogP contribution in [0.3, 0.4) is 0 Å². The molecule has 2 aromatic carbocycles. The highest BCUT2D eigenvalue weighted by Gasteiger charge is 2.45. The zero-order valence-electron chi connectivity index (χ0n) is 16.5. The van der Waals surface area contributed by atoms with Crippen molar-refractivity contribution in [1.29, 1.82) is 0 Å². The molecule has 0 unspecified atom stereocenters. The van der Waals surface area contributed by atoms with E-state index in [-0.39, 0.29) is 18.2 Å². The van der Waals surface area contributed by atoms with Crippen molar-refractivity contribution < 1.29 is 23.7 Å². The van der Waals surface area contributed by atoms with Gasteiger partial charge < -0.3 is 23.9 Å². The molecule has 3 aromatic rings. The van der Waals surface area contributed by atoms with E-state index in [0.29, 0.717) is 23.9 Å². The molecule has 1 fully saturated rings. The van der Waals surface area contributed by atoms with E-state index in [4.69, 9.17) is 18.9 Å². The molecular weight excluding hydrogens is 372 g/mol. The van der Waals surface area contributed by atoms with Gasteiger partial charge in [0.05, 0.1) is 27.4 Å². The van der Waals surface area contributed by atoms with E-state index < -0.39 is 0 Å². The smallest absolute Gasteiger partial charge is 0.411 e. The predicted molar refractivity (Wildman–Crippen MR) is 107 cm³/mol. The highest BCUT2D eigenvalue weighted by Crippen LogP contribution is 2.47. The lowest BCUT2D eigenvalue weighted by Crippen LogP contribution is -2.42. The minimum absolute atomic E-state index is 0.0155. The Hall–Kier alpha value is -3.35. The monoisotopic (exact) mass is 394 g/mol. The summed E-state index contributed by atoms with van der Waals surface area (Å²) in [5, 5.41) is 1.18. The molecule has 0 aliphatic carbocycles. The Morgan fingerprint density at radius 2 is 1.79 bits per heavy atom. The first-order valence-electron chi connectivity index (χ1n) is 9.50. The normalized spacial score (nSPS) is 20.2. The summed E-state index contributed by atoms with van der Waals surface area (Å²) < 4.78 is 22.0. The Bertz CT molecular complexity index is 1080. The molecule has 1 N–H and O–H groups in total. The molecule has 3 heterocycles. The fraction of sp³-hybridized carbons (Fsp3) is 0.318. The maximum atomic E-state index is 12.7. The highest BCUT2D eigenvalue weighted by molar-refractivity contribution is 5.86. The molecular formula is C22H22N2O5. The van der Waals surface area contributed by atoms with Gasteiger partial charge in [0.1, 0.15) is 12.6 Å². The van der Waals surface area contributed by atoms with E-state index in [9.17, 15) is 4.79 Å². The second-order valence-corrected chi connectivity index (χ2v) is 7.27. The molecule has 7 nitrogen and oxygen atoms in total. The van der Waals surface area contributed by atoms with Gasteiger partial charge >= 0.3 is 6.09 Å². The van der Waals surface area contributed by atoms with E-state index in [1.54, 1.807) is 21.3 Å². The number of carbonyl (C=O) groups is 1. The third-order valence-corrected chi connectivity index (χ3v) is 5.84. The average molecular weight is 394 g/mol. The first-order chi connectivity index (χ1) is 14.2. The maximum Gasteiger partial charge on any atom is 0.411 e. The van der Waals surface area contributed by atoms with Crippen molar-refractivity contribution in [1.82, 2.24) is 9.88 Å². The van der Waals surface area contributed by atoms with E-state index in [0.717, 1.165) is 23.2 Å². The van der Waals surface area contributed by atoms with Gasteiger partial charge in [0.2, 0.25) is 5.75 Å². The fourth-order valence-corrected chi connectivity index (χ4v) is 4.58. The minimum Gasteiger partial charge on any atom is -0.493 e. The number of aromatic nitrogens is 1. The number of benzene rings is 2. The summed E-state index contributed by atoms with van der Waals surface area (Å²) in [5.41, 5.74) is 4.15. The van der Waals surface area contributed by atoms with Crippen molar-refractivity contribution >= 4 is 17.0 Å². The molecule has 0 spiro atoms. The first-order valence-corrected chi connectivity index (χ1v) is 9.50. The van der Waals surface area contributed by atoms with Crippen LogP contribution in [0.4, 0.5) is 4.79 Å². The molecule has 1 amide bonds. The van der Waals surface area contributed by atoms with Crippen molar-refractivity contribution in [2.75, 3.05) is 27.9 Å². The molecule has 1 saturated heterocycles. The molecule has 1 aromatic heterocycles. The van der Waals surface area contributed by atoms with Crippen LogP contribution in [0.25, 0.3) is 10.9 Å². The number of amides is 1. The number of nitrogens with one attached hydrogen (secondary N) is 1. The van der Waals surface area contributed by atoms with Crippen molar-refractivity contribution in [3.8, 4) is 17.2 Å². The van der Waals surface area contributed by atoms with Crippen LogP contribution in [0.1, 0.15) is 22.9 Å². The van der Waals surface area contributed by atoms with E-state index in [1.807, 2.05) is 29.2 Å². The molecule has 0 saturated carbocycles. The highest BCUT2D eigenvalue weighted by atomic mass is 16.6. The molecule has 2 aliphatic heterocycles. The van der Waals surface area contributed by atoms with Gasteiger partial charge in [0.25, 0.3) is 0 Å². The predicted octanol–water partition coefficient (Wildman–Crippen LogP) is 3.66. The van der Waals surface area contributed by atoms with Gasteiger partial charge in [0, 0.05) is 16.6 Å². The molecule has 29 heavy (non-hydrogen) atoms. The summed E-state index contributed by atoms with van der Waals surface area (Å²) in [6.07, 6.45) is 0.449. The van der Waals surface area contributed by atoms with E-state index in [1.165, 1.54) is 10.9 Å². The Kier molecular flexibility index (Phi) is 4.04. The summed E-state index contributed by atoms with van der Waals surface area (Å²) in [6.45, 7) is 0.388. The van der Waals surface area contributed by atoms with Crippen LogP contribution in [0.15, 0.2) is 36.4 Å². The molecule has 5 rings (SSSR count). The minimum atomic E-state index is -0.333. The molecule has 2 aliphatic rings. The number of aromatic amines is 1. The first kappa shape index (κ1) is 17.7. The van der Waals surface area contributed by atoms with Crippen LogP contribution >= 0.6 is 0 Å². The molecule has 2 atom stereocenters. The van der Waals surface area contributed by atoms with Gasteiger partial charge in [-0.1, -0.05) is 18.2 Å². The standard InChI is InChI=1S/C22H22N2O5/c1-26-17-8-12(9-18(27-2)21(17)28-3)20-19-15(10-13-11-29-22(25)24(13)20)14-6-4-5-7-16(14)23-19/h4-9,13,20,23H,10-11H2,1-3H3/t13-,20-/m1/s1. The number of H-pyrrole nitrogens is 1. The lowest BCUT2D eigenvalue weighted by atomic mass is 9.89. The summed E-state index contributed by atoms with van der Waals surface area (Å²) in [6, 6.07) is 11.7. The largest absolute Gasteiger partial charge is 0.493 e. The zero-order chi connectivity index (χ0) is 20.1. The number of ether oxygens (including phenoxy) is 4. The number of hydrogen-bond acceptors (Lipinski definition) is 5. The Morgan fingerprint density at radius 3 is 2.48 bits per heavy atom. The van der Waals surface area contributed by atoms with Crippen molar-refractivity contribution in [3.63, 3.8) is 0 Å². The Balaban J connectivity index is 1.75. The van der Waals surface area contributed by atoms with Crippen molar-refractivity contribution in [2.45, 2.75) is 18.5 Å². The van der Waals surface area contributed by atoms with Crippen LogP contribution in [-0.2, 0) is 11.2 Å². The van der Waals surface area contributed by atoms with E-state index in [2.05, 4.69) is 17.1 Å². The number of fused-ring (bicyclic) bond motifs is 4. The van der Waals surface area contributed by atoms with Crippen LogP contribution in [0.5, 0.6) is 17.2 Å². The third kappa shape index (κ3) is 2.53. The van der Waals surface area contributed by atoms with Gasteiger partial charge in [-0.3, -0.25) is 4.90 Å². The topological polar surface area (TPSA) is 73.0 Å². The van der Waals surface area contributed by atoms with Crippen LogP contribution in [-0.4, -0.2) is 50.0 Å². The second-order valence-electron chi connectivity index (χ2n) is 7.27. The van der Waals surface area contributed by atoms with E-state index >= 15 is 0 Å². The molecule has 150 valence electrons. The SMILES string of the molecule is COc1cc([C@@H]2c3[nH]c4ccccc4c3C[C@@H]3COC(=O)N32)cc(OC)c1OC. The number of para-hydroxylation sites is 1. The second kappa shape index (κ2) is 6.62. The van der Waals surface area contributed by atoms with Crippen molar-refractivity contribution in [2.24, 2.45) is 0 Å². The quantitative estimate of drug-likeness (QED) is 0.731. The molecule has 7 heteroatoms. The summed E-state index contributed by atoms with van der Waals surface area (Å²) >= 11 is 0. The van der Waals surface area contributed by atoms with Crippen LogP contribution in [0.2, 0.25) is 0 Å². The van der Waals surface area contributed by atoms with Crippen LogP contribution < -0.4 is 14.2 Å². The number of cyclic esters (lactones) is 1. The number of methoxy groups -OCH3 is 3. The van der Waals surface area contributed by atoms with Crippen LogP contribution in [0, 0.1) is 0 Å². The zero-order valence-corrected chi connectivity index (χ0v) is 16.5. The number of nitrogens with zero attached hydrogens (tertiary/aromatic N) is 1. The average Bonchev–Trinajstić information content (AvgIpc) is 3.31. The summed E-state index contributed by atoms with van der Waals surface area (Å²) in [5.74, 6) is 1.62. The maximum absolute atomic E-state index is 12.7. The Morgan fingerprint density at radius 1 is 1.07 bits per heavy atom. The number of rotatable bonds is 4. The summed E-state index contributed by atoms with van der Waals surface area (Å²) in [4.78, 5) is 18.0. The lowest BCUT2D eigenvalue weighted by Gasteiger charge is -2.36. The lowest BCUT2D eigenvalue weighted by molar-refractivity contribution is 0.147. The van der Waals surface area contributed by atoms with Gasteiger partial charge in [0.15, 0.2) is 11.5 Å². The molecule has 0 bridgehead atoms. The molecule has 0 radical (unpaired) electrons. The number of carbonyl (C=O) groups excluding carboxylic acids is 1. The van der Waals surface area contributed by atoms with Crippen molar-refractivity contribution in [3.05, 3.63) is 53.2 Å².